The highest BCUT2D eigenvalue weighted by Crippen LogP contribution is 2.29. The molecule has 2 unspecified atom stereocenters. The molecule has 4 nitrogen and oxygen atoms in total. The number of hydrogen-bond donors (Lipinski definition) is 2. The Labute approximate surface area is 117 Å². The Morgan fingerprint density at radius 1 is 1.35 bits per heavy atom. The molecule has 3 rings (SSSR count). The monoisotopic (exact) mass is 270 g/mol. The normalized spacial score (nSPS) is 22.1. The largest absolute Gasteiger partial charge is 0.392 e. The Bertz CT molecular complexity index is 654. The number of rotatable bonds is 2. The summed E-state index contributed by atoms with van der Waals surface area (Å²) in [5, 5.41) is 13.7. The molecule has 1 fully saturated rings. The number of anilines is 1. The SMILES string of the molecule is Cc1ccc(NC(=O)C2CCCC2O)c2cccnc12. The molecule has 1 amide bonds. The summed E-state index contributed by atoms with van der Waals surface area (Å²) in [5.41, 5.74) is 2.75. The molecule has 0 spiro atoms. The molecular weight excluding hydrogens is 252 g/mol. The van der Waals surface area contributed by atoms with Gasteiger partial charge in [-0.25, -0.2) is 0 Å². The fourth-order valence-electron chi connectivity index (χ4n) is 2.89. The third-order valence-corrected chi connectivity index (χ3v) is 4.05. The molecule has 4 heteroatoms. The number of nitrogens with one attached hydrogen (secondary N) is 1. The van der Waals surface area contributed by atoms with Gasteiger partial charge in [-0.05, 0) is 49.9 Å². The predicted molar refractivity (Wildman–Crippen MR) is 78.5 cm³/mol. The van der Waals surface area contributed by atoms with Gasteiger partial charge >= 0.3 is 0 Å². The third-order valence-electron chi connectivity index (χ3n) is 4.05. The van der Waals surface area contributed by atoms with Crippen LogP contribution in [0.15, 0.2) is 30.5 Å². The molecule has 0 aliphatic heterocycles. The summed E-state index contributed by atoms with van der Waals surface area (Å²) < 4.78 is 0. The minimum atomic E-state index is -0.509. The van der Waals surface area contributed by atoms with Crippen LogP contribution >= 0.6 is 0 Å². The van der Waals surface area contributed by atoms with Crippen molar-refractivity contribution in [3.8, 4) is 0 Å². The van der Waals surface area contributed by atoms with Gasteiger partial charge in [0.1, 0.15) is 0 Å². The van der Waals surface area contributed by atoms with E-state index in [0.717, 1.165) is 35.0 Å². The molecule has 1 saturated carbocycles. The lowest BCUT2D eigenvalue weighted by molar-refractivity contribution is -0.122. The first kappa shape index (κ1) is 13.1. The Balaban J connectivity index is 1.91. The van der Waals surface area contributed by atoms with Crippen molar-refractivity contribution in [3.63, 3.8) is 0 Å². The van der Waals surface area contributed by atoms with Crippen LogP contribution < -0.4 is 5.32 Å². The highest BCUT2D eigenvalue weighted by Gasteiger charge is 2.31. The van der Waals surface area contributed by atoms with Crippen LogP contribution in [0.2, 0.25) is 0 Å². The first-order valence-corrected chi connectivity index (χ1v) is 7.00. The number of aliphatic hydroxyl groups is 1. The van der Waals surface area contributed by atoms with Crippen LogP contribution in [-0.4, -0.2) is 22.1 Å². The number of aliphatic hydroxyl groups excluding tert-OH is 1. The van der Waals surface area contributed by atoms with E-state index in [1.54, 1.807) is 6.20 Å². The number of amides is 1. The summed E-state index contributed by atoms with van der Waals surface area (Å²) >= 11 is 0. The second kappa shape index (κ2) is 5.21. The zero-order valence-electron chi connectivity index (χ0n) is 11.5. The van der Waals surface area contributed by atoms with Crippen molar-refractivity contribution in [1.82, 2.24) is 4.98 Å². The summed E-state index contributed by atoms with van der Waals surface area (Å²) in [5.74, 6) is -0.382. The van der Waals surface area contributed by atoms with Crippen molar-refractivity contribution in [2.75, 3.05) is 5.32 Å². The molecular formula is C16H18N2O2. The van der Waals surface area contributed by atoms with Gasteiger partial charge in [0.05, 0.1) is 23.2 Å². The van der Waals surface area contributed by atoms with Crippen molar-refractivity contribution in [3.05, 3.63) is 36.0 Å². The Kier molecular flexibility index (Phi) is 3.40. The number of benzene rings is 1. The maximum Gasteiger partial charge on any atom is 0.230 e. The number of pyridine rings is 1. The van der Waals surface area contributed by atoms with Crippen molar-refractivity contribution in [2.24, 2.45) is 5.92 Å². The molecule has 1 aliphatic carbocycles. The van der Waals surface area contributed by atoms with Crippen molar-refractivity contribution < 1.29 is 9.90 Å². The van der Waals surface area contributed by atoms with Gasteiger partial charge < -0.3 is 10.4 Å². The molecule has 1 aromatic carbocycles. The van der Waals surface area contributed by atoms with Crippen molar-refractivity contribution in [1.29, 1.82) is 0 Å². The average Bonchev–Trinajstić information content (AvgIpc) is 2.88. The maximum absolute atomic E-state index is 12.3. The molecule has 104 valence electrons. The van der Waals surface area contributed by atoms with Crippen LogP contribution in [0.1, 0.15) is 24.8 Å². The number of hydrogen-bond acceptors (Lipinski definition) is 3. The van der Waals surface area contributed by atoms with Crippen LogP contribution in [-0.2, 0) is 4.79 Å². The van der Waals surface area contributed by atoms with E-state index in [4.69, 9.17) is 0 Å². The van der Waals surface area contributed by atoms with Crippen LogP contribution in [0.25, 0.3) is 10.9 Å². The molecule has 0 saturated heterocycles. The number of aromatic nitrogens is 1. The minimum absolute atomic E-state index is 0.0935. The van der Waals surface area contributed by atoms with Gasteiger partial charge in [-0.2, -0.15) is 0 Å². The van der Waals surface area contributed by atoms with E-state index in [9.17, 15) is 9.90 Å². The zero-order chi connectivity index (χ0) is 14.1. The minimum Gasteiger partial charge on any atom is -0.392 e. The predicted octanol–water partition coefficient (Wildman–Crippen LogP) is 2.64. The summed E-state index contributed by atoms with van der Waals surface area (Å²) in [6, 6.07) is 7.67. The van der Waals surface area contributed by atoms with E-state index in [1.807, 2.05) is 31.2 Å². The van der Waals surface area contributed by atoms with E-state index in [1.165, 1.54) is 0 Å². The van der Waals surface area contributed by atoms with Crippen LogP contribution in [0.5, 0.6) is 0 Å². The van der Waals surface area contributed by atoms with Gasteiger partial charge in [-0.3, -0.25) is 9.78 Å². The summed E-state index contributed by atoms with van der Waals surface area (Å²) in [7, 11) is 0. The zero-order valence-corrected chi connectivity index (χ0v) is 11.5. The van der Waals surface area contributed by atoms with Crippen molar-refractivity contribution >= 4 is 22.5 Å². The quantitative estimate of drug-likeness (QED) is 0.881. The van der Waals surface area contributed by atoms with Crippen molar-refractivity contribution in [2.45, 2.75) is 32.3 Å². The highest BCUT2D eigenvalue weighted by atomic mass is 16.3. The Hall–Kier alpha value is -1.94. The van der Waals surface area contributed by atoms with Gasteiger partial charge in [0.15, 0.2) is 0 Å². The fraction of sp³-hybridized carbons (Fsp3) is 0.375. The number of carbonyl (C=O) groups is 1. The number of fused-ring (bicyclic) bond motifs is 1. The number of carbonyl (C=O) groups excluding carboxylic acids is 1. The first-order valence-electron chi connectivity index (χ1n) is 7.00. The molecule has 0 bridgehead atoms. The van der Waals surface area contributed by atoms with E-state index >= 15 is 0 Å². The van der Waals surface area contributed by atoms with Gasteiger partial charge in [-0.15, -0.1) is 0 Å². The summed E-state index contributed by atoms with van der Waals surface area (Å²) in [6.45, 7) is 2.00. The van der Waals surface area contributed by atoms with Crippen LogP contribution in [0.3, 0.4) is 0 Å². The van der Waals surface area contributed by atoms with E-state index in [0.29, 0.717) is 6.42 Å². The lowest BCUT2D eigenvalue weighted by atomic mass is 10.0. The van der Waals surface area contributed by atoms with Gasteiger partial charge in [-0.1, -0.05) is 6.07 Å². The first-order chi connectivity index (χ1) is 9.66. The topological polar surface area (TPSA) is 62.2 Å². The molecule has 2 aromatic rings. The standard InChI is InChI=1S/C16H18N2O2/c1-10-7-8-13(11-5-3-9-17-15(10)11)18-16(20)12-4-2-6-14(12)19/h3,5,7-9,12,14,19H,2,4,6H2,1H3,(H,18,20). The van der Waals surface area contributed by atoms with Gasteiger partial charge in [0.25, 0.3) is 0 Å². The molecule has 2 atom stereocenters. The molecule has 0 radical (unpaired) electrons. The highest BCUT2D eigenvalue weighted by molar-refractivity contribution is 6.02. The molecule has 20 heavy (non-hydrogen) atoms. The lowest BCUT2D eigenvalue weighted by Gasteiger charge is -2.16. The maximum atomic E-state index is 12.3. The van der Waals surface area contributed by atoms with E-state index in [-0.39, 0.29) is 11.8 Å². The van der Waals surface area contributed by atoms with E-state index in [2.05, 4.69) is 10.3 Å². The fourth-order valence-corrected chi connectivity index (χ4v) is 2.89. The van der Waals surface area contributed by atoms with Crippen LogP contribution in [0.4, 0.5) is 5.69 Å². The molecule has 1 aliphatic rings. The number of aryl methyl sites for hydroxylation is 1. The Morgan fingerprint density at radius 3 is 2.95 bits per heavy atom. The second-order valence-corrected chi connectivity index (χ2v) is 5.42. The lowest BCUT2D eigenvalue weighted by Crippen LogP contribution is -2.28. The average molecular weight is 270 g/mol. The van der Waals surface area contributed by atoms with Gasteiger partial charge in [0.2, 0.25) is 5.91 Å². The Morgan fingerprint density at radius 2 is 2.20 bits per heavy atom. The number of nitrogens with zero attached hydrogens (tertiary/aromatic N) is 1. The molecule has 2 N–H and O–H groups in total. The van der Waals surface area contributed by atoms with E-state index < -0.39 is 6.10 Å². The second-order valence-electron chi connectivity index (χ2n) is 5.42. The third kappa shape index (κ3) is 2.27. The summed E-state index contributed by atoms with van der Waals surface area (Å²) in [6.07, 6.45) is 3.63. The van der Waals surface area contributed by atoms with Crippen LogP contribution in [0, 0.1) is 12.8 Å². The molecule has 1 aromatic heterocycles. The molecule has 1 heterocycles. The smallest absolute Gasteiger partial charge is 0.230 e. The van der Waals surface area contributed by atoms with Gasteiger partial charge in [0, 0.05) is 11.6 Å². The summed E-state index contributed by atoms with van der Waals surface area (Å²) in [4.78, 5) is 16.6.